The lowest BCUT2D eigenvalue weighted by molar-refractivity contribution is -0.139. The van der Waals surface area contributed by atoms with Crippen LogP contribution < -0.4 is 10.1 Å². The number of carboxylic acid groups (broad SMARTS) is 1. The second-order valence-electron chi connectivity index (χ2n) is 7.50. The zero-order chi connectivity index (χ0) is 22.8. The van der Waals surface area contributed by atoms with Crippen molar-refractivity contribution >= 4 is 17.8 Å². The van der Waals surface area contributed by atoms with Crippen LogP contribution in [0.15, 0.2) is 35.6 Å². The number of rotatable bonds is 7. The number of ether oxygens (including phenoxy) is 1. The maximum absolute atomic E-state index is 12.6. The summed E-state index contributed by atoms with van der Waals surface area (Å²) in [5, 5.41) is 20.6. The van der Waals surface area contributed by atoms with Crippen molar-refractivity contribution in [3.05, 3.63) is 41.2 Å². The van der Waals surface area contributed by atoms with E-state index in [-0.39, 0.29) is 30.7 Å². The molecule has 1 fully saturated rings. The van der Waals surface area contributed by atoms with E-state index in [1.165, 1.54) is 17.0 Å². The molecule has 0 unspecified atom stereocenters. The molecule has 1 heterocycles. The van der Waals surface area contributed by atoms with E-state index in [9.17, 15) is 32.7 Å². The zero-order valence-corrected chi connectivity index (χ0v) is 16.3. The summed E-state index contributed by atoms with van der Waals surface area (Å²) in [6.07, 6.45) is -3.35. The number of carboxylic acids is 1. The van der Waals surface area contributed by atoms with Crippen molar-refractivity contribution in [2.24, 2.45) is 5.92 Å². The van der Waals surface area contributed by atoms with Crippen molar-refractivity contribution in [3.8, 4) is 5.75 Å². The second kappa shape index (κ2) is 8.86. The fourth-order valence-electron chi connectivity index (χ4n) is 3.54. The van der Waals surface area contributed by atoms with Gasteiger partial charge in [0.15, 0.2) is 0 Å². The van der Waals surface area contributed by atoms with E-state index in [1.807, 2.05) is 0 Å². The number of alkyl halides is 3. The number of aliphatic carboxylic acids is 1. The molecule has 0 aromatic heterocycles. The smallest absolute Gasteiger partial charge is 0.416 e. The van der Waals surface area contributed by atoms with Crippen LogP contribution in [0.3, 0.4) is 0 Å². The maximum atomic E-state index is 12.6. The van der Waals surface area contributed by atoms with Crippen LogP contribution in [-0.2, 0) is 20.6 Å². The number of hydrogen-bond donors (Lipinski definition) is 3. The van der Waals surface area contributed by atoms with Crippen LogP contribution in [0.25, 0.3) is 0 Å². The Kier molecular flexibility index (Phi) is 6.42. The first-order chi connectivity index (χ1) is 14.5. The molecule has 0 atom stereocenters. The molecule has 1 aromatic carbocycles. The molecular weight excluding hydrogens is 421 g/mol. The largest absolute Gasteiger partial charge is 0.511 e. The third kappa shape index (κ3) is 5.47. The summed E-state index contributed by atoms with van der Waals surface area (Å²) in [7, 11) is 0. The standard InChI is InChI=1S/C20H21F3N2O6/c21-20(22,23)12-1-3-13(4-2-12)31-14-7-11(8-14)10-25-6-5-15(26)17(19(25)30)18(29)24-9-16(27)28/h1-4,11,14,26H,5-10H2,(H,24,29)(H,27,28). The van der Waals surface area contributed by atoms with Crippen LogP contribution in [0.5, 0.6) is 5.75 Å². The van der Waals surface area contributed by atoms with Gasteiger partial charge in [0.1, 0.15) is 23.6 Å². The van der Waals surface area contributed by atoms with Crippen LogP contribution in [-0.4, -0.2) is 58.6 Å². The van der Waals surface area contributed by atoms with Gasteiger partial charge in [-0.2, -0.15) is 13.2 Å². The van der Waals surface area contributed by atoms with Gasteiger partial charge in [0.25, 0.3) is 11.8 Å². The molecule has 2 aliphatic rings. The number of halogens is 3. The minimum absolute atomic E-state index is 0.0759. The topological polar surface area (TPSA) is 116 Å². The van der Waals surface area contributed by atoms with Crippen molar-refractivity contribution in [1.82, 2.24) is 10.2 Å². The van der Waals surface area contributed by atoms with Gasteiger partial charge in [-0.25, -0.2) is 0 Å². The zero-order valence-electron chi connectivity index (χ0n) is 16.3. The fourth-order valence-corrected chi connectivity index (χ4v) is 3.54. The number of benzene rings is 1. The summed E-state index contributed by atoms with van der Waals surface area (Å²) >= 11 is 0. The van der Waals surface area contributed by atoms with Crippen LogP contribution in [0, 0.1) is 5.92 Å². The van der Waals surface area contributed by atoms with Crippen LogP contribution in [0.1, 0.15) is 24.8 Å². The minimum atomic E-state index is -4.41. The van der Waals surface area contributed by atoms with E-state index >= 15 is 0 Å². The highest BCUT2D eigenvalue weighted by molar-refractivity contribution is 6.19. The number of aliphatic hydroxyl groups excluding tert-OH is 1. The highest BCUT2D eigenvalue weighted by Crippen LogP contribution is 2.35. The molecular formula is C20H21F3N2O6. The summed E-state index contributed by atoms with van der Waals surface area (Å²) in [4.78, 5) is 36.6. The highest BCUT2D eigenvalue weighted by Gasteiger charge is 2.37. The molecule has 3 rings (SSSR count). The lowest BCUT2D eigenvalue weighted by atomic mass is 9.81. The molecule has 11 heteroatoms. The molecule has 1 aliphatic carbocycles. The Morgan fingerprint density at radius 1 is 1.19 bits per heavy atom. The van der Waals surface area contributed by atoms with Gasteiger partial charge in [0.05, 0.1) is 11.7 Å². The number of carbonyl (C=O) groups is 3. The fraction of sp³-hybridized carbons (Fsp3) is 0.450. The van der Waals surface area contributed by atoms with Crippen molar-refractivity contribution in [3.63, 3.8) is 0 Å². The minimum Gasteiger partial charge on any atom is -0.511 e. The lowest BCUT2D eigenvalue weighted by Crippen LogP contribution is -2.48. The first-order valence-corrected chi connectivity index (χ1v) is 9.60. The third-order valence-corrected chi connectivity index (χ3v) is 5.19. The SMILES string of the molecule is O=C(O)CNC(=O)C1=C(O)CCN(CC2CC(Oc3ccc(C(F)(F)F)cc3)C2)C1=O. The monoisotopic (exact) mass is 442 g/mol. The Hall–Kier alpha value is -3.24. The molecule has 1 saturated carbocycles. The third-order valence-electron chi connectivity index (χ3n) is 5.19. The quantitative estimate of drug-likeness (QED) is 0.557. The molecule has 0 radical (unpaired) electrons. The predicted molar refractivity (Wildman–Crippen MR) is 100 cm³/mol. The molecule has 168 valence electrons. The van der Waals surface area contributed by atoms with Gasteiger partial charge in [-0.05, 0) is 43.0 Å². The summed E-state index contributed by atoms with van der Waals surface area (Å²) in [5.74, 6) is -2.85. The van der Waals surface area contributed by atoms with E-state index in [0.717, 1.165) is 12.1 Å². The summed E-state index contributed by atoms with van der Waals surface area (Å²) < 4.78 is 43.5. The van der Waals surface area contributed by atoms with Crippen molar-refractivity contribution in [2.75, 3.05) is 19.6 Å². The number of amides is 2. The van der Waals surface area contributed by atoms with E-state index in [1.54, 1.807) is 0 Å². The van der Waals surface area contributed by atoms with Crippen LogP contribution >= 0.6 is 0 Å². The van der Waals surface area contributed by atoms with Gasteiger partial charge in [-0.3, -0.25) is 14.4 Å². The van der Waals surface area contributed by atoms with Gasteiger partial charge in [0, 0.05) is 19.5 Å². The normalized spacial score (nSPS) is 21.5. The molecule has 0 bridgehead atoms. The van der Waals surface area contributed by atoms with Gasteiger partial charge in [0.2, 0.25) is 0 Å². The maximum Gasteiger partial charge on any atom is 0.416 e. The number of hydrogen-bond acceptors (Lipinski definition) is 5. The van der Waals surface area contributed by atoms with Gasteiger partial charge >= 0.3 is 12.1 Å². The summed E-state index contributed by atoms with van der Waals surface area (Å²) in [6, 6.07) is 4.43. The number of nitrogens with zero attached hydrogens (tertiary/aromatic N) is 1. The molecule has 1 aliphatic heterocycles. The molecule has 31 heavy (non-hydrogen) atoms. The Bertz CT molecular complexity index is 891. The Balaban J connectivity index is 1.49. The van der Waals surface area contributed by atoms with Gasteiger partial charge < -0.3 is 25.2 Å². The van der Waals surface area contributed by atoms with E-state index < -0.39 is 41.6 Å². The molecule has 8 nitrogen and oxygen atoms in total. The molecule has 0 spiro atoms. The number of nitrogens with one attached hydrogen (secondary N) is 1. The van der Waals surface area contributed by atoms with Crippen LogP contribution in [0.2, 0.25) is 0 Å². The average molecular weight is 442 g/mol. The Labute approximate surface area is 175 Å². The van der Waals surface area contributed by atoms with E-state index in [0.29, 0.717) is 25.1 Å². The van der Waals surface area contributed by atoms with Gasteiger partial charge in [-0.1, -0.05) is 0 Å². The summed E-state index contributed by atoms with van der Waals surface area (Å²) in [5.41, 5.74) is -1.21. The molecule has 0 saturated heterocycles. The van der Waals surface area contributed by atoms with Gasteiger partial charge in [-0.15, -0.1) is 0 Å². The first kappa shape index (κ1) is 22.4. The number of aliphatic hydroxyl groups is 1. The van der Waals surface area contributed by atoms with Crippen molar-refractivity contribution in [1.29, 1.82) is 0 Å². The Morgan fingerprint density at radius 3 is 2.42 bits per heavy atom. The molecule has 1 aromatic rings. The van der Waals surface area contributed by atoms with Crippen LogP contribution in [0.4, 0.5) is 13.2 Å². The Morgan fingerprint density at radius 2 is 1.84 bits per heavy atom. The molecule has 3 N–H and O–H groups in total. The predicted octanol–water partition coefficient (Wildman–Crippen LogP) is 2.11. The van der Waals surface area contributed by atoms with E-state index in [2.05, 4.69) is 5.32 Å². The molecule has 2 amide bonds. The first-order valence-electron chi connectivity index (χ1n) is 9.60. The highest BCUT2D eigenvalue weighted by atomic mass is 19.4. The van der Waals surface area contributed by atoms with E-state index in [4.69, 9.17) is 9.84 Å². The second-order valence-corrected chi connectivity index (χ2v) is 7.50. The van der Waals surface area contributed by atoms with Crippen molar-refractivity contribution in [2.45, 2.75) is 31.5 Å². The van der Waals surface area contributed by atoms with Crippen molar-refractivity contribution < 1.29 is 42.5 Å². The lowest BCUT2D eigenvalue weighted by Gasteiger charge is -2.39. The summed E-state index contributed by atoms with van der Waals surface area (Å²) in [6.45, 7) is -0.121. The average Bonchev–Trinajstić information content (AvgIpc) is 2.66. The number of carbonyl (C=O) groups excluding carboxylic acids is 2.